The van der Waals surface area contributed by atoms with Crippen LogP contribution in [0.4, 0.5) is 10.1 Å². The highest BCUT2D eigenvalue weighted by molar-refractivity contribution is 7.92. The lowest BCUT2D eigenvalue weighted by atomic mass is 10.3. The number of halogens is 1. The molecule has 0 atom stereocenters. The molecule has 3 aromatic rings. The van der Waals surface area contributed by atoms with Crippen molar-refractivity contribution in [1.29, 1.82) is 0 Å². The molecular formula is C19H16FN3O5S. The van der Waals surface area contributed by atoms with Crippen molar-refractivity contribution >= 4 is 15.7 Å². The number of hydrogen-bond acceptors (Lipinski definition) is 7. The van der Waals surface area contributed by atoms with E-state index in [1.54, 1.807) is 12.1 Å². The standard InChI is InChI=1S/C19H16FN3O5S/c20-15-4-1-2-5-16(15)28-19-21-11-13(12-22-19)23-29(24,25)14-6-7-17-18(10-14)27-9-3-8-26-17/h1-2,4-7,10-12,23H,3,8-9H2. The number of rotatable bonds is 5. The van der Waals surface area contributed by atoms with Crippen LogP contribution in [0.15, 0.2) is 59.8 Å². The molecule has 0 amide bonds. The number of sulfonamides is 1. The van der Waals surface area contributed by atoms with Gasteiger partial charge in [0.1, 0.15) is 0 Å². The number of nitrogens with one attached hydrogen (secondary N) is 1. The lowest BCUT2D eigenvalue weighted by Crippen LogP contribution is -2.13. The molecule has 0 saturated heterocycles. The zero-order valence-electron chi connectivity index (χ0n) is 15.0. The second-order valence-corrected chi connectivity index (χ2v) is 7.73. The number of nitrogens with zero attached hydrogens (tertiary/aromatic N) is 2. The first-order valence-corrected chi connectivity index (χ1v) is 10.2. The van der Waals surface area contributed by atoms with Crippen molar-refractivity contribution < 1.29 is 27.0 Å². The number of para-hydroxylation sites is 1. The molecule has 0 fully saturated rings. The van der Waals surface area contributed by atoms with Crippen LogP contribution < -0.4 is 18.9 Å². The second kappa shape index (κ2) is 7.92. The van der Waals surface area contributed by atoms with Gasteiger partial charge in [0, 0.05) is 12.5 Å². The van der Waals surface area contributed by atoms with Gasteiger partial charge in [-0.3, -0.25) is 4.72 Å². The fourth-order valence-corrected chi connectivity index (χ4v) is 3.62. The third-order valence-electron chi connectivity index (χ3n) is 3.95. The SMILES string of the molecule is O=S(=O)(Nc1cnc(Oc2ccccc2F)nc1)c1ccc2c(c1)OCCCO2. The normalized spacial score (nSPS) is 13.4. The van der Waals surface area contributed by atoms with Gasteiger partial charge < -0.3 is 14.2 Å². The Labute approximate surface area is 166 Å². The van der Waals surface area contributed by atoms with Gasteiger partial charge in [0.2, 0.25) is 0 Å². The predicted octanol–water partition coefficient (Wildman–Crippen LogP) is 3.37. The summed E-state index contributed by atoms with van der Waals surface area (Å²) in [4.78, 5) is 7.82. The maximum Gasteiger partial charge on any atom is 0.322 e. The molecule has 2 heterocycles. The van der Waals surface area contributed by atoms with Gasteiger partial charge in [-0.25, -0.2) is 22.8 Å². The van der Waals surface area contributed by atoms with Crippen molar-refractivity contribution in [1.82, 2.24) is 9.97 Å². The zero-order chi connectivity index (χ0) is 20.3. The topological polar surface area (TPSA) is 99.6 Å². The van der Waals surface area contributed by atoms with Gasteiger partial charge >= 0.3 is 6.01 Å². The third kappa shape index (κ3) is 4.37. The van der Waals surface area contributed by atoms with Crippen LogP contribution in [-0.2, 0) is 10.0 Å². The smallest absolute Gasteiger partial charge is 0.322 e. The van der Waals surface area contributed by atoms with Crippen LogP contribution in [0, 0.1) is 5.82 Å². The van der Waals surface area contributed by atoms with Gasteiger partial charge in [0.15, 0.2) is 23.1 Å². The highest BCUT2D eigenvalue weighted by Crippen LogP contribution is 2.32. The van der Waals surface area contributed by atoms with E-state index < -0.39 is 15.8 Å². The summed E-state index contributed by atoms with van der Waals surface area (Å²) in [6.45, 7) is 0.956. The Kier molecular flexibility index (Phi) is 5.17. The molecule has 29 heavy (non-hydrogen) atoms. The number of hydrogen-bond donors (Lipinski definition) is 1. The number of benzene rings is 2. The molecule has 0 unspecified atom stereocenters. The van der Waals surface area contributed by atoms with E-state index in [2.05, 4.69) is 14.7 Å². The van der Waals surface area contributed by atoms with Crippen molar-refractivity contribution in [3.8, 4) is 23.3 Å². The molecule has 1 aliphatic rings. The molecule has 2 aromatic carbocycles. The fraction of sp³-hybridized carbons (Fsp3) is 0.158. The van der Waals surface area contributed by atoms with E-state index in [0.717, 1.165) is 0 Å². The van der Waals surface area contributed by atoms with Crippen LogP contribution >= 0.6 is 0 Å². The van der Waals surface area contributed by atoms with E-state index in [1.165, 1.54) is 42.7 Å². The van der Waals surface area contributed by atoms with Gasteiger partial charge in [-0.15, -0.1) is 0 Å². The molecule has 0 spiro atoms. The first-order valence-electron chi connectivity index (χ1n) is 8.68. The van der Waals surface area contributed by atoms with Gasteiger partial charge in [-0.2, -0.15) is 0 Å². The maximum absolute atomic E-state index is 13.6. The van der Waals surface area contributed by atoms with Crippen LogP contribution in [0.2, 0.25) is 0 Å². The number of anilines is 1. The summed E-state index contributed by atoms with van der Waals surface area (Å²) in [5.74, 6) is 0.276. The predicted molar refractivity (Wildman–Crippen MR) is 101 cm³/mol. The Balaban J connectivity index is 1.50. The second-order valence-electron chi connectivity index (χ2n) is 6.05. The largest absolute Gasteiger partial charge is 0.490 e. The first-order chi connectivity index (χ1) is 14.0. The molecule has 0 bridgehead atoms. The summed E-state index contributed by atoms with van der Waals surface area (Å²) in [6, 6.07) is 10.1. The third-order valence-corrected chi connectivity index (χ3v) is 5.33. The van der Waals surface area contributed by atoms with E-state index in [9.17, 15) is 12.8 Å². The molecule has 1 N–H and O–H groups in total. The van der Waals surface area contributed by atoms with Crippen molar-refractivity contribution in [2.24, 2.45) is 0 Å². The molecule has 4 rings (SSSR count). The number of ether oxygens (including phenoxy) is 3. The van der Waals surface area contributed by atoms with Crippen molar-refractivity contribution in [3.05, 3.63) is 60.7 Å². The molecule has 8 nitrogen and oxygen atoms in total. The number of aromatic nitrogens is 2. The summed E-state index contributed by atoms with van der Waals surface area (Å²) >= 11 is 0. The van der Waals surface area contributed by atoms with Crippen LogP contribution in [0.3, 0.4) is 0 Å². The molecule has 0 aliphatic carbocycles. The Hall–Kier alpha value is -3.40. The summed E-state index contributed by atoms with van der Waals surface area (Å²) in [6.07, 6.45) is 3.17. The van der Waals surface area contributed by atoms with E-state index in [1.807, 2.05) is 0 Å². The van der Waals surface area contributed by atoms with Gasteiger partial charge in [0.05, 0.1) is 36.2 Å². The first kappa shape index (κ1) is 18.9. The van der Waals surface area contributed by atoms with E-state index in [0.29, 0.717) is 31.1 Å². The Bertz CT molecular complexity index is 1120. The molecule has 150 valence electrons. The van der Waals surface area contributed by atoms with E-state index >= 15 is 0 Å². The summed E-state index contributed by atoms with van der Waals surface area (Å²) in [7, 11) is -3.90. The van der Waals surface area contributed by atoms with Crippen LogP contribution in [0.25, 0.3) is 0 Å². The van der Waals surface area contributed by atoms with E-state index in [4.69, 9.17) is 14.2 Å². The number of fused-ring (bicyclic) bond motifs is 1. The van der Waals surface area contributed by atoms with Crippen LogP contribution in [0.1, 0.15) is 6.42 Å². The Morgan fingerprint density at radius 2 is 1.72 bits per heavy atom. The minimum Gasteiger partial charge on any atom is -0.490 e. The lowest BCUT2D eigenvalue weighted by molar-refractivity contribution is 0.297. The van der Waals surface area contributed by atoms with E-state index in [-0.39, 0.29) is 22.3 Å². The minimum absolute atomic E-state index is 0.00781. The summed E-state index contributed by atoms with van der Waals surface area (Å²) in [5, 5.41) is 0. The maximum atomic E-state index is 13.6. The van der Waals surface area contributed by atoms with Gasteiger partial charge in [-0.1, -0.05) is 12.1 Å². The highest BCUT2D eigenvalue weighted by Gasteiger charge is 2.19. The molecular weight excluding hydrogens is 401 g/mol. The average Bonchev–Trinajstić information content (AvgIpc) is 2.96. The summed E-state index contributed by atoms with van der Waals surface area (Å²) < 4.78 is 57.6. The Morgan fingerprint density at radius 1 is 1.00 bits per heavy atom. The van der Waals surface area contributed by atoms with Crippen LogP contribution in [-0.4, -0.2) is 31.6 Å². The lowest BCUT2D eigenvalue weighted by Gasteiger charge is -2.11. The fourth-order valence-electron chi connectivity index (χ4n) is 2.57. The molecule has 1 aromatic heterocycles. The van der Waals surface area contributed by atoms with Crippen LogP contribution in [0.5, 0.6) is 23.3 Å². The van der Waals surface area contributed by atoms with Crippen molar-refractivity contribution in [3.63, 3.8) is 0 Å². The van der Waals surface area contributed by atoms with Gasteiger partial charge in [0.25, 0.3) is 10.0 Å². The molecule has 0 saturated carbocycles. The monoisotopic (exact) mass is 417 g/mol. The Morgan fingerprint density at radius 3 is 2.48 bits per heavy atom. The van der Waals surface area contributed by atoms with Gasteiger partial charge in [-0.05, 0) is 24.3 Å². The zero-order valence-corrected chi connectivity index (χ0v) is 15.9. The molecule has 10 heteroatoms. The minimum atomic E-state index is -3.90. The summed E-state index contributed by atoms with van der Waals surface area (Å²) in [5.41, 5.74) is 0.123. The van der Waals surface area contributed by atoms with Crippen molar-refractivity contribution in [2.45, 2.75) is 11.3 Å². The average molecular weight is 417 g/mol. The molecule has 0 radical (unpaired) electrons. The molecule has 1 aliphatic heterocycles. The van der Waals surface area contributed by atoms with Crippen molar-refractivity contribution in [2.75, 3.05) is 17.9 Å². The highest BCUT2D eigenvalue weighted by atomic mass is 32.2. The quantitative estimate of drug-likeness (QED) is 0.679.